The van der Waals surface area contributed by atoms with Crippen LogP contribution in [0.15, 0.2) is 53.4 Å². The largest absolute Gasteiger partial charge is 0.466 e. The maximum atomic E-state index is 13.0. The van der Waals surface area contributed by atoms with E-state index in [2.05, 4.69) is 5.32 Å². The Morgan fingerprint density at radius 2 is 1.62 bits per heavy atom. The third-order valence-electron chi connectivity index (χ3n) is 4.46. The van der Waals surface area contributed by atoms with E-state index in [1.807, 2.05) is 0 Å². The number of sulfone groups is 1. The van der Waals surface area contributed by atoms with Crippen molar-refractivity contribution in [3.8, 4) is 11.5 Å². The molecule has 2 aromatic carbocycles. The van der Waals surface area contributed by atoms with Crippen LogP contribution in [0.3, 0.4) is 0 Å². The van der Waals surface area contributed by atoms with Crippen molar-refractivity contribution in [1.82, 2.24) is 10.8 Å². The summed E-state index contributed by atoms with van der Waals surface area (Å²) in [6.07, 6.45) is -0.0857. The minimum absolute atomic E-state index is 0.0390. The molecule has 11 heteroatoms. The van der Waals surface area contributed by atoms with Crippen LogP contribution < -0.4 is 15.5 Å². The van der Waals surface area contributed by atoms with Crippen molar-refractivity contribution < 1.29 is 37.1 Å². The van der Waals surface area contributed by atoms with Gasteiger partial charge < -0.3 is 14.8 Å². The Morgan fingerprint density at radius 3 is 2.16 bits per heavy atom. The lowest BCUT2D eigenvalue weighted by atomic mass is 10.0. The highest BCUT2D eigenvalue weighted by Gasteiger charge is 2.38. The van der Waals surface area contributed by atoms with Gasteiger partial charge in [0.1, 0.15) is 22.9 Å². The third-order valence-corrected chi connectivity index (χ3v) is 6.41. The first-order chi connectivity index (χ1) is 15.1. The lowest BCUT2D eigenvalue weighted by molar-refractivity contribution is -0.143. The minimum Gasteiger partial charge on any atom is -0.466 e. The fourth-order valence-corrected chi connectivity index (χ4v) is 4.52. The van der Waals surface area contributed by atoms with Crippen LogP contribution >= 0.6 is 0 Å². The van der Waals surface area contributed by atoms with Gasteiger partial charge in [-0.25, -0.2) is 18.3 Å². The Morgan fingerprint density at radius 1 is 1.06 bits per heavy atom. The summed E-state index contributed by atoms with van der Waals surface area (Å²) in [5.41, 5.74) is -0.264. The van der Waals surface area contributed by atoms with Gasteiger partial charge in [-0.15, -0.1) is 0 Å². The van der Waals surface area contributed by atoms with Gasteiger partial charge in [-0.05, 0) is 62.4 Å². The number of ether oxygens (including phenoxy) is 2. The van der Waals surface area contributed by atoms with Gasteiger partial charge in [-0.2, -0.15) is 0 Å². The molecule has 3 N–H and O–H groups in total. The van der Waals surface area contributed by atoms with Crippen LogP contribution in [0.4, 0.5) is 4.39 Å². The first-order valence-electron chi connectivity index (χ1n) is 9.71. The molecule has 0 aromatic heterocycles. The number of rotatable bonds is 11. The summed E-state index contributed by atoms with van der Waals surface area (Å²) < 4.78 is 49.1. The highest BCUT2D eigenvalue weighted by atomic mass is 32.2. The molecule has 0 bridgehead atoms. The summed E-state index contributed by atoms with van der Waals surface area (Å²) in [5.74, 6) is -1.87. The van der Waals surface area contributed by atoms with E-state index < -0.39 is 38.8 Å². The van der Waals surface area contributed by atoms with E-state index in [0.717, 1.165) is 0 Å². The van der Waals surface area contributed by atoms with E-state index in [0.29, 0.717) is 11.5 Å². The van der Waals surface area contributed by atoms with Gasteiger partial charge >= 0.3 is 5.97 Å². The molecule has 32 heavy (non-hydrogen) atoms. The number of halogens is 1. The first-order valence-corrected chi connectivity index (χ1v) is 11.4. The number of esters is 1. The van der Waals surface area contributed by atoms with Crippen LogP contribution in [-0.2, 0) is 24.2 Å². The molecular weight excluding hydrogens is 443 g/mol. The molecule has 1 amide bonds. The number of benzene rings is 2. The smallest absolute Gasteiger partial charge is 0.307 e. The van der Waals surface area contributed by atoms with Crippen LogP contribution in [0.2, 0.25) is 0 Å². The van der Waals surface area contributed by atoms with E-state index in [-0.39, 0.29) is 24.5 Å². The van der Waals surface area contributed by atoms with Crippen molar-refractivity contribution in [3.63, 3.8) is 0 Å². The predicted molar refractivity (Wildman–Crippen MR) is 113 cm³/mol. The number of carbonyl (C=O) groups is 2. The zero-order valence-corrected chi connectivity index (χ0v) is 18.4. The Bertz CT molecular complexity index is 1030. The number of nitrogens with one attached hydrogen (secondary N) is 2. The fraction of sp³-hybridized carbons (Fsp3) is 0.333. The van der Waals surface area contributed by atoms with Gasteiger partial charge in [0.25, 0.3) is 5.91 Å². The molecule has 0 saturated heterocycles. The molecule has 9 nitrogen and oxygen atoms in total. The molecular formula is C21H25FN2O7S. The topological polar surface area (TPSA) is 131 Å². The average molecular weight is 469 g/mol. The Balaban J connectivity index is 2.12. The summed E-state index contributed by atoms with van der Waals surface area (Å²) in [5, 5.41) is 11.8. The summed E-state index contributed by atoms with van der Waals surface area (Å²) in [6.45, 7) is 3.11. The van der Waals surface area contributed by atoms with E-state index in [1.54, 1.807) is 6.92 Å². The fourth-order valence-electron chi connectivity index (χ4n) is 2.81. The minimum atomic E-state index is -3.98. The summed E-state index contributed by atoms with van der Waals surface area (Å²) in [7, 11) is -3.98. The quantitative estimate of drug-likeness (QED) is 0.260. The molecule has 2 rings (SSSR count). The Labute approximate surface area is 185 Å². The second-order valence-corrected chi connectivity index (χ2v) is 9.03. The van der Waals surface area contributed by atoms with Gasteiger partial charge in [-0.3, -0.25) is 14.8 Å². The normalized spacial score (nSPS) is 13.1. The van der Waals surface area contributed by atoms with Crippen LogP contribution in [-0.4, -0.2) is 49.9 Å². The van der Waals surface area contributed by atoms with Crippen LogP contribution in [0.5, 0.6) is 11.5 Å². The van der Waals surface area contributed by atoms with E-state index in [1.165, 1.54) is 60.9 Å². The van der Waals surface area contributed by atoms with Crippen molar-refractivity contribution in [3.05, 3.63) is 54.3 Å². The van der Waals surface area contributed by atoms with Crippen molar-refractivity contribution in [2.45, 2.75) is 30.7 Å². The van der Waals surface area contributed by atoms with Crippen LogP contribution in [0.25, 0.3) is 0 Å². The molecule has 0 spiro atoms. The number of carbonyl (C=O) groups excluding carboxylic acids is 2. The Hall–Kier alpha value is -3.02. The van der Waals surface area contributed by atoms with Crippen LogP contribution in [0.1, 0.15) is 20.3 Å². The van der Waals surface area contributed by atoms with Gasteiger partial charge in [-0.1, -0.05) is 0 Å². The second kappa shape index (κ2) is 11.0. The predicted octanol–water partition coefficient (Wildman–Crippen LogP) is 2.20. The second-order valence-electron chi connectivity index (χ2n) is 7.04. The molecule has 0 aliphatic carbocycles. The van der Waals surface area contributed by atoms with E-state index >= 15 is 0 Å². The molecule has 0 saturated carbocycles. The van der Waals surface area contributed by atoms with E-state index in [9.17, 15) is 22.4 Å². The van der Waals surface area contributed by atoms with E-state index in [4.69, 9.17) is 14.7 Å². The maximum Gasteiger partial charge on any atom is 0.307 e. The summed E-state index contributed by atoms with van der Waals surface area (Å²) in [6, 6.07) is 10.8. The maximum absolute atomic E-state index is 13.0. The molecule has 0 heterocycles. The molecule has 0 radical (unpaired) electrons. The van der Waals surface area contributed by atoms with Gasteiger partial charge in [0.2, 0.25) is 0 Å². The van der Waals surface area contributed by atoms with Gasteiger partial charge in [0.05, 0.1) is 23.7 Å². The highest BCUT2D eigenvalue weighted by molar-refractivity contribution is 7.91. The number of hydrogen-bond acceptors (Lipinski definition) is 8. The zero-order chi connectivity index (χ0) is 23.8. The lowest BCUT2D eigenvalue weighted by Gasteiger charge is -2.28. The number of hydroxylamine groups is 1. The Kier molecular flexibility index (Phi) is 8.70. The van der Waals surface area contributed by atoms with Crippen molar-refractivity contribution in [2.24, 2.45) is 0 Å². The monoisotopic (exact) mass is 468 g/mol. The molecule has 2 aromatic rings. The molecule has 174 valence electrons. The number of hydrogen-bond donors (Lipinski definition) is 3. The van der Waals surface area contributed by atoms with Crippen LogP contribution in [0, 0.1) is 5.82 Å². The third kappa shape index (κ3) is 7.01. The van der Waals surface area contributed by atoms with Crippen molar-refractivity contribution in [2.75, 3.05) is 18.9 Å². The van der Waals surface area contributed by atoms with Gasteiger partial charge in [0.15, 0.2) is 9.84 Å². The van der Waals surface area contributed by atoms with Gasteiger partial charge in [0, 0.05) is 6.54 Å². The zero-order valence-electron chi connectivity index (χ0n) is 17.6. The number of amides is 1. The molecule has 1 atom stereocenters. The average Bonchev–Trinajstić information content (AvgIpc) is 2.75. The lowest BCUT2D eigenvalue weighted by Crippen LogP contribution is -2.58. The summed E-state index contributed by atoms with van der Waals surface area (Å²) in [4.78, 5) is 23.6. The highest BCUT2D eigenvalue weighted by Crippen LogP contribution is 2.24. The standard InChI is InChI=1S/C21H25FN2O7S/c1-3-30-19(25)12-13-23-21(2,20(26)24-27)14-32(28,29)18-10-8-17(9-11-18)31-16-6-4-15(22)5-7-16/h4-11,23,27H,3,12-14H2,1-2H3,(H,24,26). The summed E-state index contributed by atoms with van der Waals surface area (Å²) >= 11 is 0. The molecule has 0 aliphatic rings. The first kappa shape index (κ1) is 25.2. The SMILES string of the molecule is CCOC(=O)CCNC(C)(CS(=O)(=O)c1ccc(Oc2ccc(F)cc2)cc1)C(=O)NO. The van der Waals surface area contributed by atoms with Crippen molar-refractivity contribution >= 4 is 21.7 Å². The molecule has 0 aliphatic heterocycles. The van der Waals surface area contributed by atoms with Crippen molar-refractivity contribution in [1.29, 1.82) is 0 Å². The molecule has 0 fully saturated rings. The molecule has 1 unspecified atom stereocenters.